The molecule has 0 atom stereocenters. The Kier molecular flexibility index (Phi) is 5.97. The molecule has 0 saturated carbocycles. The third-order valence-corrected chi connectivity index (χ3v) is 6.98. The smallest absolute Gasteiger partial charge is 0.253 e. The predicted octanol–water partition coefficient (Wildman–Crippen LogP) is 3.80. The maximum absolute atomic E-state index is 14.1. The number of halogens is 1. The Hall–Kier alpha value is -3.43. The van der Waals surface area contributed by atoms with Crippen LogP contribution in [0.3, 0.4) is 0 Å². The third-order valence-electron chi connectivity index (χ3n) is 5.88. The van der Waals surface area contributed by atoms with Crippen molar-refractivity contribution in [3.63, 3.8) is 0 Å². The quantitative estimate of drug-likeness (QED) is 0.451. The largest absolute Gasteiger partial charge is 0.336 e. The zero-order chi connectivity index (χ0) is 22.8. The number of aryl methyl sites for hydroxylation is 1. The summed E-state index contributed by atoms with van der Waals surface area (Å²) in [6, 6.07) is 16.5. The first-order valence-corrected chi connectivity index (χ1v) is 11.6. The molecule has 1 fully saturated rings. The van der Waals surface area contributed by atoms with E-state index in [4.69, 9.17) is 0 Å². The van der Waals surface area contributed by atoms with Gasteiger partial charge in [-0.1, -0.05) is 18.2 Å². The summed E-state index contributed by atoms with van der Waals surface area (Å²) in [6.45, 7) is 5.72. The van der Waals surface area contributed by atoms with Crippen LogP contribution in [-0.2, 0) is 6.54 Å². The Morgan fingerprint density at radius 2 is 1.88 bits per heavy atom. The number of hydrogen-bond donors (Lipinski definition) is 0. The molecule has 2 aromatic heterocycles. The lowest BCUT2D eigenvalue weighted by molar-refractivity contribution is 0.0629. The van der Waals surface area contributed by atoms with Crippen molar-refractivity contribution in [3.05, 3.63) is 82.7 Å². The van der Waals surface area contributed by atoms with E-state index in [9.17, 15) is 9.18 Å². The van der Waals surface area contributed by atoms with Crippen LogP contribution in [0.15, 0.2) is 60.9 Å². The molecule has 1 aliphatic rings. The van der Waals surface area contributed by atoms with Gasteiger partial charge in [0.2, 0.25) is 0 Å². The van der Waals surface area contributed by atoms with Crippen LogP contribution in [0.4, 0.5) is 4.39 Å². The lowest BCUT2D eigenvalue weighted by atomic mass is 10.1. The van der Waals surface area contributed by atoms with Crippen LogP contribution < -0.4 is 0 Å². The van der Waals surface area contributed by atoms with Crippen LogP contribution in [0.5, 0.6) is 0 Å². The molecule has 0 aliphatic carbocycles. The molecule has 7 nitrogen and oxygen atoms in total. The summed E-state index contributed by atoms with van der Waals surface area (Å²) in [6.07, 6.45) is 1.54. The molecule has 0 spiro atoms. The number of rotatable bonds is 5. The molecular weight excluding hydrogens is 439 g/mol. The van der Waals surface area contributed by atoms with E-state index in [1.807, 2.05) is 48.2 Å². The molecule has 1 saturated heterocycles. The summed E-state index contributed by atoms with van der Waals surface area (Å²) in [7, 11) is 0. The summed E-state index contributed by atoms with van der Waals surface area (Å²) in [4.78, 5) is 19.4. The van der Waals surface area contributed by atoms with Crippen molar-refractivity contribution in [1.29, 1.82) is 0 Å². The molecule has 1 aliphatic heterocycles. The van der Waals surface area contributed by atoms with Crippen molar-refractivity contribution in [3.8, 4) is 16.1 Å². The predicted molar refractivity (Wildman–Crippen MR) is 125 cm³/mol. The molecule has 5 rings (SSSR count). The zero-order valence-electron chi connectivity index (χ0n) is 18.2. The van der Waals surface area contributed by atoms with Crippen molar-refractivity contribution < 1.29 is 9.18 Å². The molecule has 33 heavy (non-hydrogen) atoms. The molecule has 3 heterocycles. The molecule has 9 heteroatoms. The van der Waals surface area contributed by atoms with E-state index in [2.05, 4.69) is 26.5 Å². The maximum Gasteiger partial charge on any atom is 0.253 e. The lowest BCUT2D eigenvalue weighted by Crippen LogP contribution is -2.48. The summed E-state index contributed by atoms with van der Waals surface area (Å²) in [5.74, 6) is -0.154. The van der Waals surface area contributed by atoms with Gasteiger partial charge < -0.3 is 4.90 Å². The van der Waals surface area contributed by atoms with Gasteiger partial charge in [-0.2, -0.15) is 0 Å². The fourth-order valence-corrected chi connectivity index (χ4v) is 5.18. The van der Waals surface area contributed by atoms with E-state index in [1.165, 1.54) is 17.3 Å². The van der Waals surface area contributed by atoms with Crippen molar-refractivity contribution in [2.75, 3.05) is 26.2 Å². The minimum Gasteiger partial charge on any atom is -0.336 e. The van der Waals surface area contributed by atoms with Crippen LogP contribution in [0.2, 0.25) is 0 Å². The second kappa shape index (κ2) is 9.21. The fraction of sp³-hybridized carbons (Fsp3) is 0.250. The highest BCUT2D eigenvalue weighted by atomic mass is 32.1. The summed E-state index contributed by atoms with van der Waals surface area (Å²) in [5, 5.41) is 11.2. The Bertz CT molecular complexity index is 1260. The van der Waals surface area contributed by atoms with Crippen LogP contribution in [0.25, 0.3) is 16.1 Å². The van der Waals surface area contributed by atoms with Gasteiger partial charge in [0.15, 0.2) is 0 Å². The average molecular weight is 463 g/mol. The normalized spacial score (nSPS) is 14.5. The first-order chi connectivity index (χ1) is 16.1. The van der Waals surface area contributed by atoms with Gasteiger partial charge in [-0.25, -0.2) is 9.07 Å². The van der Waals surface area contributed by atoms with E-state index in [1.54, 1.807) is 22.1 Å². The first kappa shape index (κ1) is 21.4. The molecule has 2 aromatic carbocycles. The molecule has 0 N–H and O–H groups in total. The van der Waals surface area contributed by atoms with Gasteiger partial charge in [-0.3, -0.25) is 9.69 Å². The minimum absolute atomic E-state index is 0.0407. The Morgan fingerprint density at radius 3 is 2.61 bits per heavy atom. The minimum atomic E-state index is -0.195. The SMILES string of the molecule is Cc1cc(C(=O)N2CCN(Cc3ccc(-c4ccccc4F)s3)CC2)ccc1-n1cnnn1. The number of carbonyl (C=O) groups is 1. The Balaban J connectivity index is 1.19. The highest BCUT2D eigenvalue weighted by Gasteiger charge is 2.23. The summed E-state index contributed by atoms with van der Waals surface area (Å²) >= 11 is 1.62. The van der Waals surface area contributed by atoms with E-state index in [-0.39, 0.29) is 11.7 Å². The van der Waals surface area contributed by atoms with Gasteiger partial charge in [-0.15, -0.1) is 16.4 Å². The van der Waals surface area contributed by atoms with E-state index >= 15 is 0 Å². The zero-order valence-corrected chi connectivity index (χ0v) is 19.0. The highest BCUT2D eigenvalue weighted by Crippen LogP contribution is 2.30. The third kappa shape index (κ3) is 4.55. The molecule has 0 radical (unpaired) electrons. The average Bonchev–Trinajstić information content (AvgIpc) is 3.52. The first-order valence-electron chi connectivity index (χ1n) is 10.8. The molecule has 0 unspecified atom stereocenters. The topological polar surface area (TPSA) is 67.2 Å². The van der Waals surface area contributed by atoms with Gasteiger partial charge in [0, 0.05) is 53.6 Å². The van der Waals surface area contributed by atoms with Crippen molar-refractivity contribution in [1.82, 2.24) is 30.0 Å². The number of piperazine rings is 1. The van der Waals surface area contributed by atoms with Gasteiger partial charge in [0.25, 0.3) is 5.91 Å². The number of tetrazole rings is 1. The Labute approximate surface area is 195 Å². The van der Waals surface area contributed by atoms with E-state index in [0.717, 1.165) is 35.8 Å². The summed E-state index contributed by atoms with van der Waals surface area (Å²) < 4.78 is 15.7. The second-order valence-electron chi connectivity index (χ2n) is 8.07. The van der Waals surface area contributed by atoms with Crippen molar-refractivity contribution >= 4 is 17.2 Å². The van der Waals surface area contributed by atoms with Crippen LogP contribution in [0, 0.1) is 12.7 Å². The molecule has 1 amide bonds. The van der Waals surface area contributed by atoms with Crippen molar-refractivity contribution in [2.45, 2.75) is 13.5 Å². The number of benzene rings is 2. The number of amides is 1. The van der Waals surface area contributed by atoms with Crippen LogP contribution in [0.1, 0.15) is 20.8 Å². The van der Waals surface area contributed by atoms with Crippen molar-refractivity contribution in [2.24, 2.45) is 0 Å². The molecule has 0 bridgehead atoms. The molecular formula is C24H23FN6OS. The fourth-order valence-electron chi connectivity index (χ4n) is 4.10. The summed E-state index contributed by atoms with van der Waals surface area (Å²) in [5.41, 5.74) is 3.11. The van der Waals surface area contributed by atoms with Gasteiger partial charge >= 0.3 is 0 Å². The van der Waals surface area contributed by atoms with E-state index < -0.39 is 0 Å². The van der Waals surface area contributed by atoms with Crippen LogP contribution in [-0.4, -0.2) is 62.1 Å². The number of thiophene rings is 1. The number of hydrogen-bond acceptors (Lipinski definition) is 6. The highest BCUT2D eigenvalue weighted by molar-refractivity contribution is 7.15. The second-order valence-corrected chi connectivity index (χ2v) is 9.24. The lowest BCUT2D eigenvalue weighted by Gasteiger charge is -2.34. The number of aromatic nitrogens is 4. The Morgan fingerprint density at radius 1 is 1.06 bits per heavy atom. The van der Waals surface area contributed by atoms with Crippen LogP contribution >= 0.6 is 11.3 Å². The maximum atomic E-state index is 14.1. The number of nitrogens with zero attached hydrogens (tertiary/aromatic N) is 6. The molecule has 168 valence electrons. The van der Waals surface area contributed by atoms with Gasteiger partial charge in [-0.05, 0) is 59.3 Å². The van der Waals surface area contributed by atoms with Gasteiger partial charge in [0.1, 0.15) is 12.1 Å². The standard InChI is InChI=1S/C24H23FN6OS/c1-17-14-18(6-8-22(17)31-16-26-27-28-31)24(32)30-12-10-29(11-13-30)15-19-7-9-23(33-19)20-4-2-3-5-21(20)25/h2-9,14,16H,10-13,15H2,1H3. The number of carbonyl (C=O) groups excluding carboxylic acids is 1. The monoisotopic (exact) mass is 462 g/mol. The van der Waals surface area contributed by atoms with Gasteiger partial charge in [0.05, 0.1) is 5.69 Å². The van der Waals surface area contributed by atoms with E-state index in [0.29, 0.717) is 24.2 Å². The molecule has 4 aromatic rings.